The van der Waals surface area contributed by atoms with Crippen molar-refractivity contribution in [2.24, 2.45) is 5.92 Å². The van der Waals surface area contributed by atoms with Gasteiger partial charge in [0.25, 0.3) is 5.92 Å². The maximum Gasteiger partial charge on any atom is 0.308 e. The van der Waals surface area contributed by atoms with Crippen LogP contribution in [0.3, 0.4) is 0 Å². The van der Waals surface area contributed by atoms with Gasteiger partial charge in [-0.05, 0) is 19.1 Å². The van der Waals surface area contributed by atoms with Crippen molar-refractivity contribution in [2.45, 2.75) is 25.8 Å². The molecule has 1 saturated heterocycles. The third-order valence-electron chi connectivity index (χ3n) is 3.93. The van der Waals surface area contributed by atoms with E-state index >= 15 is 0 Å². The number of likely N-dealkylation sites (tertiary alicyclic amines) is 1. The molecule has 1 unspecified atom stereocenters. The molecule has 0 spiro atoms. The largest absolute Gasteiger partial charge is 0.481 e. The Kier molecular flexibility index (Phi) is 3.93. The molecule has 0 bridgehead atoms. The maximum absolute atomic E-state index is 13.8. The number of nitrogens with zero attached hydrogens (tertiary/aromatic N) is 2. The maximum atomic E-state index is 13.8. The smallest absolute Gasteiger partial charge is 0.308 e. The molecule has 0 aliphatic carbocycles. The highest BCUT2D eigenvalue weighted by Gasteiger charge is 2.43. The van der Waals surface area contributed by atoms with Crippen molar-refractivity contribution in [2.75, 3.05) is 13.1 Å². The number of alkyl halides is 2. The van der Waals surface area contributed by atoms with E-state index in [2.05, 4.69) is 10.2 Å². The molecule has 2 aromatic heterocycles. The zero-order valence-corrected chi connectivity index (χ0v) is 12.6. The van der Waals surface area contributed by atoms with Crippen LogP contribution in [0.15, 0.2) is 22.7 Å². The first-order valence-electron chi connectivity index (χ1n) is 7.26. The fraction of sp³-hybridized carbons (Fsp3) is 0.467. The Balaban J connectivity index is 1.79. The van der Waals surface area contributed by atoms with Crippen molar-refractivity contribution in [3.63, 3.8) is 0 Å². The minimum absolute atomic E-state index is 0.0900. The van der Waals surface area contributed by atoms with Crippen LogP contribution in [-0.4, -0.2) is 45.2 Å². The quantitative estimate of drug-likeness (QED) is 0.902. The number of aromatic nitrogens is 2. The van der Waals surface area contributed by atoms with Crippen molar-refractivity contribution >= 4 is 5.97 Å². The number of carboxylic acids is 1. The Bertz CT molecular complexity index is 710. The van der Waals surface area contributed by atoms with E-state index in [0.717, 1.165) is 5.76 Å². The highest BCUT2D eigenvalue weighted by atomic mass is 19.3. The molecule has 6 nitrogen and oxygen atoms in total. The topological polar surface area (TPSA) is 82.4 Å². The van der Waals surface area contributed by atoms with Gasteiger partial charge in [0, 0.05) is 25.1 Å². The Labute approximate surface area is 131 Å². The summed E-state index contributed by atoms with van der Waals surface area (Å²) in [6.07, 6.45) is 0.935. The van der Waals surface area contributed by atoms with Crippen LogP contribution in [0.25, 0.3) is 11.5 Å². The van der Waals surface area contributed by atoms with Gasteiger partial charge in [-0.25, -0.2) is 8.78 Å². The summed E-state index contributed by atoms with van der Waals surface area (Å²) >= 11 is 0. The number of aromatic amines is 1. The minimum atomic E-state index is -3.01. The lowest BCUT2D eigenvalue weighted by Gasteiger charge is -2.35. The highest BCUT2D eigenvalue weighted by Crippen LogP contribution is 2.32. The predicted octanol–water partition coefficient (Wildman–Crippen LogP) is 2.52. The van der Waals surface area contributed by atoms with Crippen LogP contribution in [0.2, 0.25) is 0 Å². The second-order valence-electron chi connectivity index (χ2n) is 5.95. The number of aryl methyl sites for hydroxylation is 1. The van der Waals surface area contributed by atoms with Crippen molar-refractivity contribution in [1.29, 1.82) is 0 Å². The number of H-pyrrole nitrogens is 1. The van der Waals surface area contributed by atoms with E-state index in [1.54, 1.807) is 18.3 Å². The molecule has 1 aliphatic rings. The zero-order chi connectivity index (χ0) is 16.6. The van der Waals surface area contributed by atoms with E-state index in [9.17, 15) is 13.6 Å². The Morgan fingerprint density at radius 3 is 3.00 bits per heavy atom. The van der Waals surface area contributed by atoms with Gasteiger partial charge < -0.3 is 9.52 Å². The highest BCUT2D eigenvalue weighted by molar-refractivity contribution is 5.70. The number of piperidine rings is 1. The van der Waals surface area contributed by atoms with Crippen LogP contribution in [-0.2, 0) is 11.3 Å². The Morgan fingerprint density at radius 1 is 1.57 bits per heavy atom. The van der Waals surface area contributed by atoms with Gasteiger partial charge in [-0.15, -0.1) is 0 Å². The second kappa shape index (κ2) is 5.77. The molecular formula is C15H17F2N3O3. The van der Waals surface area contributed by atoms with Gasteiger partial charge in [0.15, 0.2) is 5.76 Å². The number of hydrogen-bond donors (Lipinski definition) is 2. The summed E-state index contributed by atoms with van der Waals surface area (Å²) < 4.78 is 33.1. The SMILES string of the molecule is Cc1ccc(-c2[nH]ncc2CN2CC(C(=O)O)CC(F)(F)C2)o1. The molecule has 1 fully saturated rings. The second-order valence-corrected chi connectivity index (χ2v) is 5.95. The lowest BCUT2D eigenvalue weighted by atomic mass is 9.95. The molecule has 2 aromatic rings. The number of furan rings is 1. The third kappa shape index (κ3) is 3.42. The van der Waals surface area contributed by atoms with E-state index in [0.29, 0.717) is 17.0 Å². The number of aliphatic carboxylic acids is 1. The molecule has 1 aliphatic heterocycles. The number of carboxylic acid groups (broad SMARTS) is 1. The van der Waals surface area contributed by atoms with E-state index in [4.69, 9.17) is 9.52 Å². The van der Waals surface area contributed by atoms with Crippen molar-refractivity contribution in [3.05, 3.63) is 29.7 Å². The van der Waals surface area contributed by atoms with Crippen LogP contribution >= 0.6 is 0 Å². The molecule has 2 N–H and O–H groups in total. The van der Waals surface area contributed by atoms with Crippen LogP contribution < -0.4 is 0 Å². The van der Waals surface area contributed by atoms with Crippen LogP contribution in [0, 0.1) is 12.8 Å². The lowest BCUT2D eigenvalue weighted by molar-refractivity contribution is -0.153. The molecule has 8 heteroatoms. The van der Waals surface area contributed by atoms with Gasteiger partial charge in [-0.3, -0.25) is 14.8 Å². The lowest BCUT2D eigenvalue weighted by Crippen LogP contribution is -2.48. The number of halogens is 2. The van der Waals surface area contributed by atoms with Gasteiger partial charge in [0.05, 0.1) is 18.7 Å². The Morgan fingerprint density at radius 2 is 2.35 bits per heavy atom. The normalized spacial score (nSPS) is 21.4. The third-order valence-corrected chi connectivity index (χ3v) is 3.93. The summed E-state index contributed by atoms with van der Waals surface area (Å²) in [5, 5.41) is 15.8. The molecule has 3 heterocycles. The van der Waals surface area contributed by atoms with E-state index in [1.165, 1.54) is 4.90 Å². The van der Waals surface area contributed by atoms with Crippen LogP contribution in [0.5, 0.6) is 0 Å². The molecule has 23 heavy (non-hydrogen) atoms. The first-order valence-corrected chi connectivity index (χ1v) is 7.26. The van der Waals surface area contributed by atoms with E-state index < -0.39 is 30.8 Å². The number of carbonyl (C=O) groups is 1. The van der Waals surface area contributed by atoms with E-state index in [1.807, 2.05) is 6.92 Å². The minimum Gasteiger partial charge on any atom is -0.481 e. The first-order chi connectivity index (χ1) is 10.8. The molecular weight excluding hydrogens is 308 g/mol. The molecule has 0 saturated carbocycles. The van der Waals surface area contributed by atoms with Crippen molar-refractivity contribution in [1.82, 2.24) is 15.1 Å². The summed E-state index contributed by atoms with van der Waals surface area (Å²) in [5.74, 6) is -3.96. The molecule has 0 radical (unpaired) electrons. The first kappa shape index (κ1) is 15.7. The average molecular weight is 325 g/mol. The van der Waals surface area contributed by atoms with Crippen LogP contribution in [0.1, 0.15) is 17.7 Å². The van der Waals surface area contributed by atoms with E-state index in [-0.39, 0.29) is 13.1 Å². The number of rotatable bonds is 4. The van der Waals surface area contributed by atoms with Gasteiger partial charge >= 0.3 is 5.97 Å². The fourth-order valence-electron chi connectivity index (χ4n) is 2.93. The summed E-state index contributed by atoms with van der Waals surface area (Å²) in [6.45, 7) is 1.62. The molecule has 3 rings (SSSR count). The Hall–Kier alpha value is -2.22. The molecule has 124 valence electrons. The molecule has 0 amide bonds. The van der Waals surface area contributed by atoms with Crippen molar-refractivity contribution < 1.29 is 23.1 Å². The predicted molar refractivity (Wildman–Crippen MR) is 77.0 cm³/mol. The van der Waals surface area contributed by atoms with Crippen LogP contribution in [0.4, 0.5) is 8.78 Å². The molecule has 0 aromatic carbocycles. The summed E-state index contributed by atoms with van der Waals surface area (Å²) in [7, 11) is 0. The molecule has 1 atom stereocenters. The summed E-state index contributed by atoms with van der Waals surface area (Å²) in [4.78, 5) is 12.5. The van der Waals surface area contributed by atoms with Gasteiger partial charge in [0.2, 0.25) is 0 Å². The number of nitrogens with one attached hydrogen (secondary N) is 1. The number of hydrogen-bond acceptors (Lipinski definition) is 4. The average Bonchev–Trinajstić information content (AvgIpc) is 3.05. The summed E-state index contributed by atoms with van der Waals surface area (Å²) in [6, 6.07) is 3.58. The summed E-state index contributed by atoms with van der Waals surface area (Å²) in [5.41, 5.74) is 1.32. The van der Waals surface area contributed by atoms with Gasteiger partial charge in [-0.1, -0.05) is 0 Å². The standard InChI is InChI=1S/C15H17F2N3O3/c1-9-2-3-12(23-9)13-11(5-18-19-13)7-20-6-10(14(21)22)4-15(16,17)8-20/h2-3,5,10H,4,6-8H2,1H3,(H,18,19)(H,21,22). The van der Waals surface area contributed by atoms with Crippen molar-refractivity contribution in [3.8, 4) is 11.5 Å². The zero-order valence-electron chi connectivity index (χ0n) is 12.6. The van der Waals surface area contributed by atoms with Gasteiger partial charge in [-0.2, -0.15) is 5.10 Å². The monoisotopic (exact) mass is 325 g/mol. The fourth-order valence-corrected chi connectivity index (χ4v) is 2.93. The van der Waals surface area contributed by atoms with Gasteiger partial charge in [0.1, 0.15) is 11.5 Å².